The van der Waals surface area contributed by atoms with Crippen molar-refractivity contribution in [2.24, 2.45) is 0 Å². The Labute approximate surface area is 95.9 Å². The van der Waals surface area contributed by atoms with Gasteiger partial charge < -0.3 is 0 Å². The molecule has 0 unspecified atom stereocenters. The molecule has 0 aliphatic rings. The van der Waals surface area contributed by atoms with Gasteiger partial charge in [-0.2, -0.15) is 0 Å². The summed E-state index contributed by atoms with van der Waals surface area (Å²) in [6.07, 6.45) is 2.33. The third-order valence-electron chi connectivity index (χ3n) is 2.78. The van der Waals surface area contributed by atoms with E-state index < -0.39 is 0 Å². The van der Waals surface area contributed by atoms with Crippen molar-refractivity contribution in [1.29, 1.82) is 0 Å². The van der Waals surface area contributed by atoms with E-state index in [0.717, 1.165) is 11.4 Å². The molecule has 0 saturated carbocycles. The van der Waals surface area contributed by atoms with Crippen LogP contribution in [0.15, 0.2) is 30.3 Å². The Bertz CT molecular complexity index is 486. The number of rotatable bonds is 2. The normalized spacial score (nSPS) is 10.9. The first-order valence-corrected chi connectivity index (χ1v) is 5.77. The molecule has 0 radical (unpaired) electrons. The van der Waals surface area contributed by atoms with Crippen LogP contribution in [-0.4, -0.2) is 0 Å². The van der Waals surface area contributed by atoms with Gasteiger partial charge in [0, 0.05) is 5.02 Å². The Morgan fingerprint density at radius 2 is 1.87 bits per heavy atom. The summed E-state index contributed by atoms with van der Waals surface area (Å²) in [4.78, 5) is 0. The second-order valence-corrected chi connectivity index (χ2v) is 4.46. The topological polar surface area (TPSA) is 0 Å². The van der Waals surface area contributed by atoms with Gasteiger partial charge in [-0.1, -0.05) is 43.1 Å². The monoisotopic (exact) mass is 218 g/mol. The van der Waals surface area contributed by atoms with Gasteiger partial charge in [-0.15, -0.1) is 0 Å². The van der Waals surface area contributed by atoms with Crippen LogP contribution in [0.2, 0.25) is 5.02 Å². The predicted octanol–water partition coefficient (Wildman–Crippen LogP) is 4.75. The van der Waals surface area contributed by atoms with Gasteiger partial charge >= 0.3 is 0 Å². The number of hydrogen-bond acceptors (Lipinski definition) is 0. The van der Waals surface area contributed by atoms with Gasteiger partial charge in [-0.05, 0) is 47.4 Å². The Hall–Kier alpha value is -1.01. The molecule has 0 spiro atoms. The number of fused-ring (bicyclic) bond motifs is 1. The third-order valence-corrected chi connectivity index (χ3v) is 3.01. The molecule has 0 nitrogen and oxygen atoms in total. The zero-order valence-electron chi connectivity index (χ0n) is 9.18. The summed E-state index contributed by atoms with van der Waals surface area (Å²) in [7, 11) is 0. The van der Waals surface area contributed by atoms with Gasteiger partial charge in [-0.25, -0.2) is 0 Å². The maximum Gasteiger partial charge on any atom is 0.0412 e. The standard InChI is InChI=1S/C14H15Cl/c1-3-4-11-8-13-9-14(15)6-5-12(13)7-10(11)2/h5-9H,3-4H2,1-2H3. The van der Waals surface area contributed by atoms with Crippen molar-refractivity contribution in [2.45, 2.75) is 26.7 Å². The molecule has 0 aliphatic carbocycles. The lowest BCUT2D eigenvalue weighted by molar-refractivity contribution is 0.915. The summed E-state index contributed by atoms with van der Waals surface area (Å²) in [5, 5.41) is 3.34. The zero-order valence-corrected chi connectivity index (χ0v) is 9.93. The SMILES string of the molecule is CCCc1cc2cc(Cl)ccc2cc1C. The lowest BCUT2D eigenvalue weighted by atomic mass is 9.99. The highest BCUT2D eigenvalue weighted by atomic mass is 35.5. The fourth-order valence-electron chi connectivity index (χ4n) is 1.97. The first-order chi connectivity index (χ1) is 7.20. The number of halogens is 1. The Morgan fingerprint density at radius 3 is 2.60 bits per heavy atom. The van der Waals surface area contributed by atoms with Crippen LogP contribution in [0.5, 0.6) is 0 Å². The molecule has 2 aromatic rings. The third kappa shape index (κ3) is 2.15. The Morgan fingerprint density at radius 1 is 1.07 bits per heavy atom. The molecule has 0 N–H and O–H groups in total. The van der Waals surface area contributed by atoms with E-state index in [-0.39, 0.29) is 0 Å². The van der Waals surface area contributed by atoms with Crippen molar-refractivity contribution in [3.63, 3.8) is 0 Å². The molecule has 0 amide bonds. The molecule has 78 valence electrons. The zero-order chi connectivity index (χ0) is 10.8. The number of hydrogen-bond donors (Lipinski definition) is 0. The van der Waals surface area contributed by atoms with Crippen LogP contribution in [0.4, 0.5) is 0 Å². The summed E-state index contributed by atoms with van der Waals surface area (Å²) >= 11 is 5.99. The van der Waals surface area contributed by atoms with Gasteiger partial charge in [-0.3, -0.25) is 0 Å². The lowest BCUT2D eigenvalue weighted by Gasteiger charge is -2.07. The van der Waals surface area contributed by atoms with Gasteiger partial charge in [0.1, 0.15) is 0 Å². The summed E-state index contributed by atoms with van der Waals surface area (Å²) in [6.45, 7) is 4.39. The highest BCUT2D eigenvalue weighted by Crippen LogP contribution is 2.23. The van der Waals surface area contributed by atoms with E-state index in [1.54, 1.807) is 0 Å². The van der Waals surface area contributed by atoms with E-state index in [1.165, 1.54) is 28.3 Å². The van der Waals surface area contributed by atoms with E-state index in [4.69, 9.17) is 11.6 Å². The van der Waals surface area contributed by atoms with Crippen molar-refractivity contribution in [2.75, 3.05) is 0 Å². The fraction of sp³-hybridized carbons (Fsp3) is 0.286. The van der Waals surface area contributed by atoms with Crippen LogP contribution in [-0.2, 0) is 6.42 Å². The Balaban J connectivity index is 2.61. The minimum Gasteiger partial charge on any atom is -0.0843 e. The van der Waals surface area contributed by atoms with Crippen LogP contribution in [0.25, 0.3) is 10.8 Å². The van der Waals surface area contributed by atoms with E-state index in [1.807, 2.05) is 12.1 Å². The first-order valence-electron chi connectivity index (χ1n) is 5.39. The molecule has 0 saturated heterocycles. The highest BCUT2D eigenvalue weighted by Gasteiger charge is 2.01. The molecule has 2 rings (SSSR count). The van der Waals surface area contributed by atoms with Crippen molar-refractivity contribution in [1.82, 2.24) is 0 Å². The van der Waals surface area contributed by atoms with Gasteiger partial charge in [0.2, 0.25) is 0 Å². The van der Waals surface area contributed by atoms with Gasteiger partial charge in [0.25, 0.3) is 0 Å². The minimum atomic E-state index is 0.814. The largest absolute Gasteiger partial charge is 0.0843 e. The second-order valence-electron chi connectivity index (χ2n) is 4.02. The van der Waals surface area contributed by atoms with E-state index in [2.05, 4.69) is 32.0 Å². The fourth-order valence-corrected chi connectivity index (χ4v) is 2.15. The van der Waals surface area contributed by atoms with Crippen LogP contribution >= 0.6 is 11.6 Å². The average Bonchev–Trinajstić information content (AvgIpc) is 2.20. The summed E-state index contributed by atoms with van der Waals surface area (Å²) < 4.78 is 0. The molecular weight excluding hydrogens is 204 g/mol. The molecule has 0 heterocycles. The Kier molecular flexibility index (Phi) is 2.97. The van der Waals surface area contributed by atoms with Crippen LogP contribution in [0.3, 0.4) is 0 Å². The average molecular weight is 219 g/mol. The molecule has 0 atom stereocenters. The molecule has 0 aromatic heterocycles. The highest BCUT2D eigenvalue weighted by molar-refractivity contribution is 6.31. The quantitative estimate of drug-likeness (QED) is 0.682. The van der Waals surface area contributed by atoms with E-state index in [0.29, 0.717) is 0 Å². The molecule has 15 heavy (non-hydrogen) atoms. The molecule has 0 fully saturated rings. The van der Waals surface area contributed by atoms with Crippen molar-refractivity contribution < 1.29 is 0 Å². The van der Waals surface area contributed by atoms with Crippen molar-refractivity contribution >= 4 is 22.4 Å². The smallest absolute Gasteiger partial charge is 0.0412 e. The van der Waals surface area contributed by atoms with Gasteiger partial charge in [0.05, 0.1) is 0 Å². The van der Waals surface area contributed by atoms with Crippen molar-refractivity contribution in [3.05, 3.63) is 46.5 Å². The minimum absolute atomic E-state index is 0.814. The molecule has 2 aromatic carbocycles. The summed E-state index contributed by atoms with van der Waals surface area (Å²) in [6, 6.07) is 10.6. The van der Waals surface area contributed by atoms with Crippen LogP contribution in [0, 0.1) is 6.92 Å². The first kappa shape index (κ1) is 10.5. The molecule has 0 aliphatic heterocycles. The maximum atomic E-state index is 5.99. The number of aryl methyl sites for hydroxylation is 2. The van der Waals surface area contributed by atoms with Crippen LogP contribution in [0.1, 0.15) is 24.5 Å². The number of benzene rings is 2. The summed E-state index contributed by atoms with van der Waals surface area (Å²) in [5.74, 6) is 0. The molecule has 1 heteroatoms. The van der Waals surface area contributed by atoms with E-state index in [9.17, 15) is 0 Å². The maximum absolute atomic E-state index is 5.99. The lowest BCUT2D eigenvalue weighted by Crippen LogP contribution is -1.88. The van der Waals surface area contributed by atoms with E-state index >= 15 is 0 Å². The van der Waals surface area contributed by atoms with Gasteiger partial charge in [0.15, 0.2) is 0 Å². The predicted molar refractivity (Wildman–Crippen MR) is 67.7 cm³/mol. The summed E-state index contributed by atoms with van der Waals surface area (Å²) in [5.41, 5.74) is 2.82. The second kappa shape index (κ2) is 4.24. The van der Waals surface area contributed by atoms with Crippen LogP contribution < -0.4 is 0 Å². The molecular formula is C14H15Cl. The molecule has 0 bridgehead atoms. The van der Waals surface area contributed by atoms with Crippen molar-refractivity contribution in [3.8, 4) is 0 Å².